The summed E-state index contributed by atoms with van der Waals surface area (Å²) < 4.78 is 18.3. The maximum absolute atomic E-state index is 13.3. The van der Waals surface area contributed by atoms with E-state index in [4.69, 9.17) is 4.74 Å². The fraction of sp³-hybridized carbons (Fsp3) is 0.429. The van der Waals surface area contributed by atoms with Crippen LogP contribution in [0, 0.1) is 11.7 Å². The van der Waals surface area contributed by atoms with Crippen LogP contribution in [0.4, 0.5) is 4.39 Å². The second-order valence-electron chi connectivity index (χ2n) is 4.73. The van der Waals surface area contributed by atoms with Gasteiger partial charge in [-0.3, -0.25) is 9.59 Å². The van der Waals surface area contributed by atoms with Gasteiger partial charge in [-0.15, -0.1) is 0 Å². The summed E-state index contributed by atoms with van der Waals surface area (Å²) in [7, 11) is 1.51. The van der Waals surface area contributed by atoms with Crippen LogP contribution in [0.15, 0.2) is 24.3 Å². The number of nitrogens with zero attached hydrogens (tertiary/aromatic N) is 1. The Morgan fingerprint density at radius 2 is 2.30 bits per heavy atom. The number of rotatable bonds is 5. The van der Waals surface area contributed by atoms with Crippen molar-refractivity contribution in [1.82, 2.24) is 4.90 Å². The zero-order chi connectivity index (χ0) is 14.7. The Hall–Kier alpha value is -1.95. The zero-order valence-electron chi connectivity index (χ0n) is 11.1. The summed E-state index contributed by atoms with van der Waals surface area (Å²) in [5, 5.41) is 9.27. The molecule has 0 aliphatic carbocycles. The summed E-state index contributed by atoms with van der Waals surface area (Å²) >= 11 is 0. The molecule has 20 heavy (non-hydrogen) atoms. The monoisotopic (exact) mass is 281 g/mol. The summed E-state index contributed by atoms with van der Waals surface area (Å²) in [5.41, 5.74) is 0.499. The molecular formula is C14H16FNO4. The van der Waals surface area contributed by atoms with Crippen LogP contribution < -0.4 is 0 Å². The first-order chi connectivity index (χ1) is 9.54. The number of ether oxygens (including phenoxy) is 1. The van der Waals surface area contributed by atoms with E-state index in [1.807, 2.05) is 0 Å². The number of carbonyl (C=O) groups is 2. The normalized spacial score (nSPS) is 22.3. The molecule has 1 amide bonds. The van der Waals surface area contributed by atoms with Crippen molar-refractivity contribution in [3.8, 4) is 0 Å². The number of aliphatic carboxylic acids is 1. The van der Waals surface area contributed by atoms with Crippen molar-refractivity contribution in [2.45, 2.75) is 12.5 Å². The Bertz CT molecular complexity index is 520. The van der Waals surface area contributed by atoms with Gasteiger partial charge in [0.15, 0.2) is 0 Å². The van der Waals surface area contributed by atoms with Gasteiger partial charge in [0, 0.05) is 20.1 Å². The van der Waals surface area contributed by atoms with Crippen molar-refractivity contribution in [2.75, 3.05) is 20.3 Å². The number of amides is 1. The maximum Gasteiger partial charge on any atom is 0.309 e. The van der Waals surface area contributed by atoms with Gasteiger partial charge >= 0.3 is 5.97 Å². The first-order valence-electron chi connectivity index (χ1n) is 6.31. The predicted octanol–water partition coefficient (Wildman–Crippen LogP) is 1.45. The highest BCUT2D eigenvalue weighted by Crippen LogP contribution is 2.38. The third-order valence-electron chi connectivity index (χ3n) is 3.48. The van der Waals surface area contributed by atoms with Gasteiger partial charge in [-0.05, 0) is 17.7 Å². The number of methoxy groups -OCH3 is 1. The van der Waals surface area contributed by atoms with Crippen molar-refractivity contribution in [1.29, 1.82) is 0 Å². The third kappa shape index (κ3) is 2.80. The van der Waals surface area contributed by atoms with Crippen molar-refractivity contribution < 1.29 is 23.8 Å². The molecule has 0 spiro atoms. The highest BCUT2D eigenvalue weighted by Gasteiger charge is 2.44. The van der Waals surface area contributed by atoms with Gasteiger partial charge < -0.3 is 14.7 Å². The molecular weight excluding hydrogens is 265 g/mol. The smallest absolute Gasteiger partial charge is 0.309 e. The summed E-state index contributed by atoms with van der Waals surface area (Å²) in [6.07, 6.45) is -0.0692. The van der Waals surface area contributed by atoms with E-state index >= 15 is 0 Å². The lowest BCUT2D eigenvalue weighted by atomic mass is 9.93. The number of carboxylic acid groups (broad SMARTS) is 1. The highest BCUT2D eigenvalue weighted by atomic mass is 19.1. The molecule has 5 nitrogen and oxygen atoms in total. The van der Waals surface area contributed by atoms with E-state index in [2.05, 4.69) is 0 Å². The van der Waals surface area contributed by atoms with Crippen molar-refractivity contribution in [3.63, 3.8) is 0 Å². The molecule has 1 heterocycles. The molecule has 0 radical (unpaired) electrons. The van der Waals surface area contributed by atoms with Crippen molar-refractivity contribution in [3.05, 3.63) is 35.6 Å². The van der Waals surface area contributed by atoms with Gasteiger partial charge in [-0.2, -0.15) is 0 Å². The van der Waals surface area contributed by atoms with E-state index in [1.54, 1.807) is 6.07 Å². The van der Waals surface area contributed by atoms with Crippen LogP contribution in [0.3, 0.4) is 0 Å². The first-order valence-corrected chi connectivity index (χ1v) is 6.31. The van der Waals surface area contributed by atoms with E-state index in [0.717, 1.165) is 0 Å². The number of hydrogen-bond donors (Lipinski definition) is 1. The first kappa shape index (κ1) is 14.5. The Morgan fingerprint density at radius 3 is 2.90 bits per heavy atom. The summed E-state index contributed by atoms with van der Waals surface area (Å²) in [4.78, 5) is 24.8. The van der Waals surface area contributed by atoms with Crippen LogP contribution in [0.2, 0.25) is 0 Å². The number of benzene rings is 1. The molecule has 1 aliphatic heterocycles. The molecule has 1 aromatic carbocycles. The lowest BCUT2D eigenvalue weighted by Crippen LogP contribution is -2.33. The lowest BCUT2D eigenvalue weighted by molar-refractivity contribution is -0.142. The predicted molar refractivity (Wildman–Crippen MR) is 68.5 cm³/mol. The molecule has 2 unspecified atom stereocenters. The summed E-state index contributed by atoms with van der Waals surface area (Å²) in [6.45, 7) is 0.601. The van der Waals surface area contributed by atoms with Crippen LogP contribution in [0.1, 0.15) is 18.0 Å². The van der Waals surface area contributed by atoms with Crippen molar-refractivity contribution >= 4 is 11.9 Å². The minimum Gasteiger partial charge on any atom is -0.481 e. The van der Waals surface area contributed by atoms with Crippen LogP contribution in [-0.2, 0) is 14.3 Å². The molecule has 2 atom stereocenters. The average Bonchev–Trinajstić information content (AvgIpc) is 2.73. The molecule has 1 saturated heterocycles. The summed E-state index contributed by atoms with van der Waals surface area (Å²) in [5.74, 6) is -2.60. The molecule has 1 fully saturated rings. The number of likely N-dealkylation sites (tertiary alicyclic amines) is 1. The number of halogens is 1. The number of carbonyl (C=O) groups excluding carboxylic acids is 1. The number of hydrogen-bond acceptors (Lipinski definition) is 3. The average molecular weight is 281 g/mol. The Kier molecular flexibility index (Phi) is 4.34. The molecule has 0 saturated carbocycles. The van der Waals surface area contributed by atoms with Crippen LogP contribution in [0.25, 0.3) is 0 Å². The van der Waals surface area contributed by atoms with E-state index in [-0.39, 0.29) is 12.3 Å². The molecule has 0 bridgehead atoms. The largest absolute Gasteiger partial charge is 0.481 e. The van der Waals surface area contributed by atoms with Gasteiger partial charge in [-0.1, -0.05) is 12.1 Å². The highest BCUT2D eigenvalue weighted by molar-refractivity contribution is 5.87. The molecule has 1 aliphatic rings. The van der Waals surface area contributed by atoms with Gasteiger partial charge in [0.1, 0.15) is 5.82 Å². The van der Waals surface area contributed by atoms with Gasteiger partial charge in [0.05, 0.1) is 18.6 Å². The molecule has 6 heteroatoms. The van der Waals surface area contributed by atoms with Gasteiger partial charge in [0.25, 0.3) is 0 Å². The topological polar surface area (TPSA) is 66.8 Å². The summed E-state index contributed by atoms with van der Waals surface area (Å²) in [6, 6.07) is 5.07. The quantitative estimate of drug-likeness (QED) is 0.887. The molecule has 1 N–H and O–H groups in total. The van der Waals surface area contributed by atoms with Gasteiger partial charge in [0.2, 0.25) is 5.91 Å². The Balaban J connectivity index is 2.35. The van der Waals surface area contributed by atoms with E-state index in [1.165, 1.54) is 30.2 Å². The van der Waals surface area contributed by atoms with E-state index < -0.39 is 23.7 Å². The minimum atomic E-state index is -1.05. The molecule has 108 valence electrons. The fourth-order valence-electron chi connectivity index (χ4n) is 2.57. The zero-order valence-corrected chi connectivity index (χ0v) is 11.1. The standard InChI is InChI=1S/C14H16FNO4/c1-20-6-5-16-12(17)8-11(14(18)19)13(16)9-3-2-4-10(15)7-9/h2-4,7,11,13H,5-6,8H2,1H3,(H,18,19). The van der Waals surface area contributed by atoms with Crippen LogP contribution >= 0.6 is 0 Å². The Morgan fingerprint density at radius 1 is 1.55 bits per heavy atom. The maximum atomic E-state index is 13.3. The van der Waals surface area contributed by atoms with Crippen molar-refractivity contribution in [2.24, 2.45) is 5.92 Å². The van der Waals surface area contributed by atoms with Crippen LogP contribution in [0.5, 0.6) is 0 Å². The van der Waals surface area contributed by atoms with E-state index in [9.17, 15) is 19.1 Å². The second-order valence-corrected chi connectivity index (χ2v) is 4.73. The van der Waals surface area contributed by atoms with Gasteiger partial charge in [-0.25, -0.2) is 4.39 Å². The minimum absolute atomic E-state index is 0.0692. The fourth-order valence-corrected chi connectivity index (χ4v) is 2.57. The SMILES string of the molecule is COCCN1C(=O)CC(C(=O)O)C1c1cccc(F)c1. The molecule has 1 aromatic rings. The van der Waals surface area contributed by atoms with E-state index in [0.29, 0.717) is 18.7 Å². The Labute approximate surface area is 116 Å². The lowest BCUT2D eigenvalue weighted by Gasteiger charge is -2.27. The third-order valence-corrected chi connectivity index (χ3v) is 3.48. The number of carboxylic acids is 1. The molecule has 0 aromatic heterocycles. The second kappa shape index (κ2) is 6.00. The van der Waals surface area contributed by atoms with Crippen LogP contribution in [-0.4, -0.2) is 42.1 Å². The molecule has 2 rings (SSSR count).